The fraction of sp³-hybridized carbons (Fsp3) is 0.375. The highest BCUT2D eigenvalue weighted by atomic mass is 16.5. The minimum absolute atomic E-state index is 0.550. The van der Waals surface area contributed by atoms with Crippen molar-refractivity contribution in [2.75, 3.05) is 18.5 Å². The third kappa shape index (κ3) is 4.72. The second-order valence-corrected chi connectivity index (χ2v) is 4.82. The Morgan fingerprint density at radius 1 is 1.24 bits per heavy atom. The van der Waals surface area contributed by atoms with Gasteiger partial charge in [-0.15, -0.1) is 0 Å². The standard InChI is InChI=1S/C16H22N4O/c1-3-21-15-10-12(2)18-16(20-15)19-14-8-4-6-13(11-14)7-5-9-17/h4,6,8,10-11H,3,5,7,9,17H2,1-2H3,(H,18,19,20). The zero-order chi connectivity index (χ0) is 15.1. The van der Waals surface area contributed by atoms with Gasteiger partial charge in [0.1, 0.15) is 0 Å². The van der Waals surface area contributed by atoms with Crippen molar-refractivity contribution in [2.24, 2.45) is 5.73 Å². The van der Waals surface area contributed by atoms with Gasteiger partial charge in [-0.2, -0.15) is 4.98 Å². The average molecular weight is 286 g/mol. The summed E-state index contributed by atoms with van der Waals surface area (Å²) in [5, 5.41) is 3.23. The summed E-state index contributed by atoms with van der Waals surface area (Å²) in [5.74, 6) is 1.14. The maximum atomic E-state index is 5.55. The lowest BCUT2D eigenvalue weighted by Gasteiger charge is -2.09. The fourth-order valence-corrected chi connectivity index (χ4v) is 2.06. The molecular formula is C16H22N4O. The molecule has 0 fully saturated rings. The Labute approximate surface area is 125 Å². The van der Waals surface area contributed by atoms with Crippen LogP contribution in [0, 0.1) is 6.92 Å². The van der Waals surface area contributed by atoms with E-state index in [0.717, 1.165) is 24.2 Å². The van der Waals surface area contributed by atoms with Gasteiger partial charge in [-0.3, -0.25) is 0 Å². The number of benzene rings is 1. The lowest BCUT2D eigenvalue weighted by Crippen LogP contribution is -2.03. The van der Waals surface area contributed by atoms with Crippen LogP contribution in [0.5, 0.6) is 5.88 Å². The third-order valence-electron chi connectivity index (χ3n) is 2.98. The number of aryl methyl sites for hydroxylation is 2. The summed E-state index contributed by atoms with van der Waals surface area (Å²) in [6.45, 7) is 5.15. The van der Waals surface area contributed by atoms with E-state index in [4.69, 9.17) is 10.5 Å². The predicted molar refractivity (Wildman–Crippen MR) is 85.0 cm³/mol. The van der Waals surface area contributed by atoms with Gasteiger partial charge in [0.2, 0.25) is 11.8 Å². The van der Waals surface area contributed by atoms with Gasteiger partial charge in [0.25, 0.3) is 0 Å². The molecule has 0 unspecified atom stereocenters. The summed E-state index contributed by atoms with van der Waals surface area (Å²) in [7, 11) is 0. The summed E-state index contributed by atoms with van der Waals surface area (Å²) in [6.07, 6.45) is 1.96. The molecule has 0 saturated heterocycles. The van der Waals surface area contributed by atoms with Crippen LogP contribution in [0.1, 0.15) is 24.6 Å². The summed E-state index contributed by atoms with van der Waals surface area (Å²) in [5.41, 5.74) is 8.64. The Kier molecular flexibility index (Phi) is 5.51. The smallest absolute Gasteiger partial charge is 0.230 e. The van der Waals surface area contributed by atoms with E-state index in [1.54, 1.807) is 0 Å². The number of rotatable bonds is 7. The van der Waals surface area contributed by atoms with Crippen molar-refractivity contribution in [3.05, 3.63) is 41.6 Å². The Balaban J connectivity index is 2.13. The fourth-order valence-electron chi connectivity index (χ4n) is 2.06. The first-order chi connectivity index (χ1) is 10.2. The normalized spacial score (nSPS) is 10.4. The van der Waals surface area contributed by atoms with Gasteiger partial charge < -0.3 is 15.8 Å². The Morgan fingerprint density at radius 2 is 2.10 bits per heavy atom. The van der Waals surface area contributed by atoms with Gasteiger partial charge in [0, 0.05) is 17.4 Å². The van der Waals surface area contributed by atoms with E-state index < -0.39 is 0 Å². The lowest BCUT2D eigenvalue weighted by atomic mass is 10.1. The first-order valence-corrected chi connectivity index (χ1v) is 7.25. The monoisotopic (exact) mass is 286 g/mol. The zero-order valence-corrected chi connectivity index (χ0v) is 12.6. The van der Waals surface area contributed by atoms with Crippen molar-refractivity contribution in [2.45, 2.75) is 26.7 Å². The van der Waals surface area contributed by atoms with Crippen LogP contribution in [-0.4, -0.2) is 23.1 Å². The molecule has 0 radical (unpaired) electrons. The van der Waals surface area contributed by atoms with Crippen LogP contribution in [0.4, 0.5) is 11.6 Å². The van der Waals surface area contributed by atoms with Crippen LogP contribution in [0.3, 0.4) is 0 Å². The highest BCUT2D eigenvalue weighted by Gasteiger charge is 2.04. The van der Waals surface area contributed by atoms with E-state index >= 15 is 0 Å². The summed E-state index contributed by atoms with van der Waals surface area (Å²) in [6, 6.07) is 10.0. The second kappa shape index (κ2) is 7.59. The van der Waals surface area contributed by atoms with Gasteiger partial charge in [0.05, 0.1) is 6.61 Å². The molecule has 1 aromatic carbocycles. The highest BCUT2D eigenvalue weighted by Crippen LogP contribution is 2.18. The minimum Gasteiger partial charge on any atom is -0.478 e. The maximum Gasteiger partial charge on any atom is 0.230 e. The molecular weight excluding hydrogens is 264 g/mol. The molecule has 2 aromatic rings. The average Bonchev–Trinajstić information content (AvgIpc) is 2.45. The zero-order valence-electron chi connectivity index (χ0n) is 12.6. The van der Waals surface area contributed by atoms with Crippen LogP contribution < -0.4 is 15.8 Å². The third-order valence-corrected chi connectivity index (χ3v) is 2.98. The molecule has 1 heterocycles. The van der Waals surface area contributed by atoms with Gasteiger partial charge in [0.15, 0.2) is 0 Å². The number of nitrogens with one attached hydrogen (secondary N) is 1. The van der Waals surface area contributed by atoms with E-state index in [0.29, 0.717) is 25.0 Å². The number of hydrogen-bond acceptors (Lipinski definition) is 5. The Morgan fingerprint density at radius 3 is 2.86 bits per heavy atom. The highest BCUT2D eigenvalue weighted by molar-refractivity contribution is 5.54. The van der Waals surface area contributed by atoms with Gasteiger partial charge >= 0.3 is 0 Å². The quantitative estimate of drug-likeness (QED) is 0.818. The molecule has 0 atom stereocenters. The molecule has 5 nitrogen and oxygen atoms in total. The van der Waals surface area contributed by atoms with E-state index in [-0.39, 0.29) is 0 Å². The van der Waals surface area contributed by atoms with E-state index in [1.807, 2.05) is 32.0 Å². The van der Waals surface area contributed by atoms with Gasteiger partial charge in [-0.1, -0.05) is 12.1 Å². The molecule has 21 heavy (non-hydrogen) atoms. The molecule has 2 rings (SSSR count). The van der Waals surface area contributed by atoms with Crippen molar-refractivity contribution < 1.29 is 4.74 Å². The molecule has 0 aliphatic carbocycles. The van der Waals surface area contributed by atoms with Gasteiger partial charge in [-0.05, 0) is 50.9 Å². The van der Waals surface area contributed by atoms with E-state index in [1.165, 1.54) is 5.56 Å². The summed E-state index contributed by atoms with van der Waals surface area (Å²) in [4.78, 5) is 8.73. The number of hydrogen-bond donors (Lipinski definition) is 2. The Hall–Kier alpha value is -2.14. The molecule has 0 bridgehead atoms. The molecule has 3 N–H and O–H groups in total. The SMILES string of the molecule is CCOc1cc(C)nc(Nc2cccc(CCCN)c2)n1. The minimum atomic E-state index is 0.550. The number of anilines is 2. The lowest BCUT2D eigenvalue weighted by molar-refractivity contribution is 0.326. The summed E-state index contributed by atoms with van der Waals surface area (Å²) < 4.78 is 5.44. The number of ether oxygens (including phenoxy) is 1. The number of nitrogens with zero attached hydrogens (tertiary/aromatic N) is 2. The topological polar surface area (TPSA) is 73.1 Å². The number of nitrogens with two attached hydrogens (primary N) is 1. The molecule has 0 aliphatic rings. The van der Waals surface area contributed by atoms with Crippen molar-refractivity contribution in [3.8, 4) is 5.88 Å². The summed E-state index contributed by atoms with van der Waals surface area (Å²) >= 11 is 0. The Bertz CT molecular complexity index is 586. The van der Waals surface area contributed by atoms with Crippen LogP contribution in [0.25, 0.3) is 0 Å². The predicted octanol–water partition coefficient (Wildman–Crippen LogP) is 2.82. The number of aromatic nitrogens is 2. The molecule has 1 aromatic heterocycles. The van der Waals surface area contributed by atoms with E-state index in [9.17, 15) is 0 Å². The van der Waals surface area contributed by atoms with Crippen LogP contribution in [0.15, 0.2) is 30.3 Å². The van der Waals surface area contributed by atoms with Crippen molar-refractivity contribution in [1.82, 2.24) is 9.97 Å². The van der Waals surface area contributed by atoms with Gasteiger partial charge in [-0.25, -0.2) is 4.98 Å². The molecule has 0 amide bonds. The largest absolute Gasteiger partial charge is 0.478 e. The first kappa shape index (κ1) is 15.3. The van der Waals surface area contributed by atoms with Crippen molar-refractivity contribution >= 4 is 11.6 Å². The molecule has 5 heteroatoms. The van der Waals surface area contributed by atoms with Crippen LogP contribution >= 0.6 is 0 Å². The molecule has 112 valence electrons. The van der Waals surface area contributed by atoms with Crippen LogP contribution in [0.2, 0.25) is 0 Å². The second-order valence-electron chi connectivity index (χ2n) is 4.82. The molecule has 0 saturated carbocycles. The molecule has 0 aliphatic heterocycles. The van der Waals surface area contributed by atoms with Crippen molar-refractivity contribution in [3.63, 3.8) is 0 Å². The molecule has 0 spiro atoms. The van der Waals surface area contributed by atoms with E-state index in [2.05, 4.69) is 27.4 Å². The first-order valence-electron chi connectivity index (χ1n) is 7.25. The maximum absolute atomic E-state index is 5.55. The van der Waals surface area contributed by atoms with Crippen LogP contribution in [-0.2, 0) is 6.42 Å². The van der Waals surface area contributed by atoms with Crippen molar-refractivity contribution in [1.29, 1.82) is 0 Å².